The third-order valence-electron chi connectivity index (χ3n) is 11.2. The number of carbonyl (C=O) groups excluding carboxylic acids is 2. The molecule has 0 spiro atoms. The Morgan fingerprint density at radius 3 is 1.75 bits per heavy atom. The van der Waals surface area contributed by atoms with E-state index < -0.39 is 41.0 Å². The summed E-state index contributed by atoms with van der Waals surface area (Å²) < 4.78 is 11.3. The van der Waals surface area contributed by atoms with Crippen LogP contribution in [0.25, 0.3) is 32.0 Å². The van der Waals surface area contributed by atoms with E-state index in [0.717, 1.165) is 90.6 Å². The van der Waals surface area contributed by atoms with Crippen molar-refractivity contribution in [2.75, 3.05) is 13.2 Å². The highest BCUT2D eigenvalue weighted by atomic mass is 32.1. The zero-order chi connectivity index (χ0) is 36.6. The van der Waals surface area contributed by atoms with E-state index >= 15 is 0 Å². The van der Waals surface area contributed by atoms with Gasteiger partial charge in [-0.05, 0) is 98.9 Å². The molecule has 4 aromatic rings. The van der Waals surface area contributed by atoms with Crippen molar-refractivity contribution in [1.82, 2.24) is 0 Å². The van der Waals surface area contributed by atoms with Gasteiger partial charge in [-0.25, -0.2) is 0 Å². The number of benzene rings is 2. The lowest BCUT2D eigenvalue weighted by molar-refractivity contribution is -0.160. The van der Waals surface area contributed by atoms with E-state index in [1.54, 1.807) is 36.5 Å². The lowest BCUT2D eigenvalue weighted by Crippen LogP contribution is -2.52. The molecule has 2 aromatic carbocycles. The summed E-state index contributed by atoms with van der Waals surface area (Å²) in [5.41, 5.74) is 4.39. The van der Waals surface area contributed by atoms with Crippen molar-refractivity contribution in [3.63, 3.8) is 0 Å². The number of thiophene rings is 2. The van der Waals surface area contributed by atoms with Gasteiger partial charge in [0.2, 0.25) is 0 Å². The third kappa shape index (κ3) is 5.47. The Hall–Kier alpha value is -4.76. The van der Waals surface area contributed by atoms with Gasteiger partial charge in [-0.2, -0.15) is 10.5 Å². The quantitative estimate of drug-likeness (QED) is 0.126. The van der Waals surface area contributed by atoms with Crippen molar-refractivity contribution in [2.24, 2.45) is 22.7 Å². The largest absolute Gasteiger partial charge is 0.466 e. The first-order chi connectivity index (χ1) is 25.3. The predicted octanol–water partition coefficient (Wildman–Crippen LogP) is 10.7. The van der Waals surface area contributed by atoms with E-state index in [1.165, 1.54) is 5.57 Å². The van der Waals surface area contributed by atoms with Crippen molar-refractivity contribution in [3.8, 4) is 33.0 Å². The van der Waals surface area contributed by atoms with Crippen LogP contribution in [0, 0.1) is 59.2 Å². The Labute approximate surface area is 314 Å². The molecular weight excluding hydrogens is 685 g/mol. The van der Waals surface area contributed by atoms with Crippen LogP contribution >= 0.6 is 22.7 Å². The summed E-state index contributed by atoms with van der Waals surface area (Å²) in [7, 11) is 0. The molecule has 0 radical (unpaired) electrons. The normalized spacial score (nSPS) is 23.7. The first-order valence-corrected chi connectivity index (χ1v) is 19.8. The molecule has 2 saturated carbocycles. The number of esters is 2. The second-order valence-corrected chi connectivity index (χ2v) is 16.4. The van der Waals surface area contributed by atoms with Crippen molar-refractivity contribution in [3.05, 3.63) is 105 Å². The van der Waals surface area contributed by atoms with E-state index in [2.05, 4.69) is 62.4 Å². The Kier molecular flexibility index (Phi) is 9.83. The zero-order valence-electron chi connectivity index (χ0n) is 30.1. The van der Waals surface area contributed by atoms with Gasteiger partial charge in [-0.3, -0.25) is 9.59 Å². The molecule has 0 N–H and O–H groups in total. The Balaban J connectivity index is 1.62. The average molecular weight is 727 g/mol. The first-order valence-electron chi connectivity index (χ1n) is 18.2. The standard InChI is InChI=1S/C44H42N2O4S2/c1-5-49-36(47)24-43(25-45)40-37(31-20-14-9-15-21-31)41(44(43,26-46)42(48)50-6-2)39(33-23-35(52-28(33)4)30-18-12-8-13-19-30)38(40)32-22-34(51-27(32)3)29-16-10-7-11-17-29/h7-8,10-13,16-19,22-23,40-41H,5-6,9,14-15,20-21,24H2,1-4H3. The smallest absolute Gasteiger partial charge is 0.329 e. The van der Waals surface area contributed by atoms with Gasteiger partial charge in [0.25, 0.3) is 0 Å². The van der Waals surface area contributed by atoms with E-state index in [1.807, 2.05) is 36.4 Å². The number of allylic oxidation sites excluding steroid dienone is 4. The minimum Gasteiger partial charge on any atom is -0.466 e. The van der Waals surface area contributed by atoms with Crippen LogP contribution in [0.5, 0.6) is 0 Å². The van der Waals surface area contributed by atoms with Crippen LogP contribution in [0.15, 0.2) is 83.9 Å². The number of aryl methyl sites for hydroxylation is 2. The summed E-state index contributed by atoms with van der Waals surface area (Å²) in [6, 6.07) is 29.9. The van der Waals surface area contributed by atoms with Gasteiger partial charge in [0, 0.05) is 31.3 Å². The summed E-state index contributed by atoms with van der Waals surface area (Å²) in [4.78, 5) is 32.7. The fourth-order valence-electron chi connectivity index (χ4n) is 9.13. The predicted molar refractivity (Wildman–Crippen MR) is 207 cm³/mol. The maximum Gasteiger partial charge on any atom is 0.329 e. The number of ether oxygens (including phenoxy) is 2. The summed E-state index contributed by atoms with van der Waals surface area (Å²) in [5, 5.41) is 23.1. The number of hydrogen-bond donors (Lipinski definition) is 0. The number of fused-ring (bicyclic) bond motifs is 2. The van der Waals surface area contributed by atoms with Gasteiger partial charge in [0.15, 0.2) is 5.41 Å². The highest BCUT2D eigenvalue weighted by Gasteiger charge is 2.78. The second-order valence-electron chi connectivity index (χ2n) is 13.9. The minimum absolute atomic E-state index is 0.0398. The Morgan fingerprint density at radius 2 is 1.27 bits per heavy atom. The topological polar surface area (TPSA) is 100 Å². The second kappa shape index (κ2) is 14.3. The summed E-state index contributed by atoms with van der Waals surface area (Å²) in [6.45, 7) is 7.81. The molecule has 7 rings (SSSR count). The van der Waals surface area contributed by atoms with E-state index in [9.17, 15) is 20.1 Å². The van der Waals surface area contributed by atoms with E-state index in [-0.39, 0.29) is 13.2 Å². The van der Waals surface area contributed by atoms with Crippen LogP contribution in [0.2, 0.25) is 0 Å². The molecular formula is C44H42N2O4S2. The molecule has 52 heavy (non-hydrogen) atoms. The van der Waals surface area contributed by atoms with Crippen LogP contribution in [0.1, 0.15) is 73.3 Å². The molecule has 2 aromatic heterocycles. The molecule has 2 heterocycles. The summed E-state index contributed by atoms with van der Waals surface area (Å²) >= 11 is 3.38. The fraction of sp³-hybridized carbons (Fsp3) is 0.364. The molecule has 3 aliphatic carbocycles. The molecule has 0 amide bonds. The average Bonchev–Trinajstić information content (AvgIpc) is 3.90. The minimum atomic E-state index is -1.98. The Bertz CT molecular complexity index is 2170. The molecule has 4 unspecified atom stereocenters. The van der Waals surface area contributed by atoms with E-state index in [0.29, 0.717) is 0 Å². The number of nitrogens with zero attached hydrogens (tertiary/aromatic N) is 2. The number of carbonyl (C=O) groups is 2. The van der Waals surface area contributed by atoms with Crippen molar-refractivity contribution in [2.45, 2.75) is 66.2 Å². The van der Waals surface area contributed by atoms with Crippen molar-refractivity contribution < 1.29 is 19.1 Å². The van der Waals surface area contributed by atoms with Crippen molar-refractivity contribution in [1.29, 1.82) is 10.5 Å². The van der Waals surface area contributed by atoms with Crippen LogP contribution < -0.4 is 0 Å². The summed E-state index contributed by atoms with van der Waals surface area (Å²) in [6.07, 6.45) is 4.33. The van der Waals surface area contributed by atoms with E-state index in [4.69, 9.17) is 9.47 Å². The van der Waals surface area contributed by atoms with Gasteiger partial charge in [-0.1, -0.05) is 78.2 Å². The lowest BCUT2D eigenvalue weighted by Gasteiger charge is -2.43. The summed E-state index contributed by atoms with van der Waals surface area (Å²) in [5.74, 6) is -2.82. The Morgan fingerprint density at radius 1 is 0.750 bits per heavy atom. The fourth-order valence-corrected chi connectivity index (χ4v) is 11.2. The zero-order valence-corrected chi connectivity index (χ0v) is 31.7. The molecule has 3 aliphatic rings. The maximum absolute atomic E-state index is 14.7. The number of rotatable bonds is 9. The molecule has 0 aliphatic heterocycles. The van der Waals surface area contributed by atoms with Gasteiger partial charge < -0.3 is 9.47 Å². The molecule has 4 atom stereocenters. The van der Waals surface area contributed by atoms with Crippen LogP contribution in [-0.4, -0.2) is 25.2 Å². The monoisotopic (exact) mass is 726 g/mol. The van der Waals surface area contributed by atoms with Gasteiger partial charge in [0.1, 0.15) is 5.41 Å². The molecule has 8 heteroatoms. The maximum atomic E-state index is 14.7. The third-order valence-corrected chi connectivity index (χ3v) is 13.4. The molecule has 264 valence electrons. The highest BCUT2D eigenvalue weighted by molar-refractivity contribution is 7.16. The van der Waals surface area contributed by atoms with Crippen LogP contribution in [-0.2, 0) is 19.1 Å². The van der Waals surface area contributed by atoms with Gasteiger partial charge in [0.05, 0.1) is 31.8 Å². The molecule has 0 saturated heterocycles. The lowest BCUT2D eigenvalue weighted by atomic mass is 9.53. The van der Waals surface area contributed by atoms with Crippen LogP contribution in [0.3, 0.4) is 0 Å². The molecule has 6 nitrogen and oxygen atoms in total. The first kappa shape index (κ1) is 35.6. The molecule has 2 fully saturated rings. The number of nitriles is 2. The van der Waals surface area contributed by atoms with Crippen LogP contribution in [0.4, 0.5) is 0 Å². The van der Waals surface area contributed by atoms with Gasteiger partial charge in [-0.15, -0.1) is 22.7 Å². The number of hydrogen-bond acceptors (Lipinski definition) is 8. The van der Waals surface area contributed by atoms with Crippen molar-refractivity contribution >= 4 is 45.8 Å². The SMILES string of the molecule is CCOC(=O)CC1(C#N)C2C(c3cc(-c4ccccc4)sc3C)=C(c3cc(-c4ccccc4)sc3C)C(C2=C2CCCCC2)C1(C#N)C(=O)OCC. The highest BCUT2D eigenvalue weighted by Crippen LogP contribution is 2.77. The molecule has 2 bridgehead atoms. The van der Waals surface area contributed by atoms with Gasteiger partial charge >= 0.3 is 11.9 Å².